The summed E-state index contributed by atoms with van der Waals surface area (Å²) in [4.78, 5) is 11.3. The highest BCUT2D eigenvalue weighted by atomic mass is 32.1. The molecular weight excluding hydrogens is 410 g/mol. The minimum atomic E-state index is 0.412. The predicted octanol–water partition coefficient (Wildman–Crippen LogP) is 4.47. The maximum Gasteiger partial charge on any atom is 0.234 e. The molecule has 1 fully saturated rings. The summed E-state index contributed by atoms with van der Waals surface area (Å²) in [7, 11) is 1.60. The Morgan fingerprint density at radius 1 is 1.23 bits per heavy atom. The van der Waals surface area contributed by atoms with Crippen molar-refractivity contribution in [1.29, 1.82) is 0 Å². The van der Waals surface area contributed by atoms with Gasteiger partial charge < -0.3 is 24.7 Å². The Balaban J connectivity index is 1.38. The zero-order chi connectivity index (χ0) is 21.6. The van der Waals surface area contributed by atoms with Crippen molar-refractivity contribution < 1.29 is 9.15 Å². The highest BCUT2D eigenvalue weighted by molar-refractivity contribution is 7.80. The average Bonchev–Trinajstić information content (AvgIpc) is 3.27. The van der Waals surface area contributed by atoms with Crippen LogP contribution in [-0.2, 0) is 6.54 Å². The molecule has 7 nitrogen and oxygen atoms in total. The Kier molecular flexibility index (Phi) is 6.66. The molecule has 3 heterocycles. The van der Waals surface area contributed by atoms with E-state index in [1.165, 1.54) is 6.42 Å². The molecule has 0 saturated carbocycles. The molecule has 1 aliphatic rings. The molecule has 162 valence electrons. The lowest BCUT2D eigenvalue weighted by Crippen LogP contribution is -2.35. The molecule has 1 aliphatic heterocycles. The van der Waals surface area contributed by atoms with E-state index in [4.69, 9.17) is 21.4 Å². The number of ether oxygens (including phenoxy) is 1. The Hall–Kier alpha value is -3.13. The molecular formula is C23H27N5O2S. The third kappa shape index (κ3) is 5.52. The number of anilines is 2. The molecule has 2 N–H and O–H groups in total. The van der Waals surface area contributed by atoms with Crippen LogP contribution in [0.2, 0.25) is 0 Å². The lowest BCUT2D eigenvalue weighted by Gasteiger charge is -2.32. The molecule has 0 spiro atoms. The molecule has 1 aromatic carbocycles. The van der Waals surface area contributed by atoms with E-state index in [1.807, 2.05) is 48.5 Å². The summed E-state index contributed by atoms with van der Waals surface area (Å²) in [5, 5.41) is 6.63. The van der Waals surface area contributed by atoms with Crippen LogP contribution in [0.1, 0.15) is 25.5 Å². The highest BCUT2D eigenvalue weighted by Crippen LogP contribution is 2.25. The van der Waals surface area contributed by atoms with Gasteiger partial charge in [-0.25, -0.2) is 0 Å². The van der Waals surface area contributed by atoms with Gasteiger partial charge in [-0.3, -0.25) is 0 Å². The fourth-order valence-electron chi connectivity index (χ4n) is 3.68. The topological polar surface area (TPSA) is 75.5 Å². The highest BCUT2D eigenvalue weighted by Gasteiger charge is 2.19. The summed E-state index contributed by atoms with van der Waals surface area (Å²) in [6, 6.07) is 15.8. The number of benzene rings is 1. The van der Waals surface area contributed by atoms with Gasteiger partial charge in [0, 0.05) is 24.7 Å². The van der Waals surface area contributed by atoms with E-state index in [-0.39, 0.29) is 0 Å². The maximum absolute atomic E-state index is 5.91. The normalized spacial score (nSPS) is 16.1. The molecule has 2 aromatic heterocycles. The van der Waals surface area contributed by atoms with Crippen LogP contribution in [0.15, 0.2) is 52.9 Å². The second-order valence-electron chi connectivity index (χ2n) is 7.73. The van der Waals surface area contributed by atoms with Crippen molar-refractivity contribution in [2.45, 2.75) is 26.3 Å². The molecule has 0 amide bonds. The van der Waals surface area contributed by atoms with Crippen molar-refractivity contribution in [2.75, 3.05) is 30.4 Å². The second-order valence-corrected chi connectivity index (χ2v) is 8.13. The van der Waals surface area contributed by atoms with Crippen LogP contribution in [-0.4, -0.2) is 35.3 Å². The van der Waals surface area contributed by atoms with Gasteiger partial charge >= 0.3 is 0 Å². The number of aromatic nitrogens is 2. The van der Waals surface area contributed by atoms with E-state index >= 15 is 0 Å². The summed E-state index contributed by atoms with van der Waals surface area (Å²) in [6.07, 6.45) is 2.40. The number of hydrogen-bond acceptors (Lipinski definition) is 6. The monoisotopic (exact) mass is 437 g/mol. The number of furan rings is 1. The Morgan fingerprint density at radius 3 is 2.84 bits per heavy atom. The quantitative estimate of drug-likeness (QED) is 0.547. The number of rotatable bonds is 6. The molecule has 0 radical (unpaired) electrons. The summed E-state index contributed by atoms with van der Waals surface area (Å²) in [6.45, 7) is 4.68. The number of methoxy groups -OCH3 is 1. The number of hydrogen-bond donors (Lipinski definition) is 2. The van der Waals surface area contributed by atoms with E-state index < -0.39 is 0 Å². The fraction of sp³-hybridized carbons (Fsp3) is 0.348. The summed E-state index contributed by atoms with van der Waals surface area (Å²) < 4.78 is 11.3. The smallest absolute Gasteiger partial charge is 0.234 e. The van der Waals surface area contributed by atoms with Gasteiger partial charge in [0.1, 0.15) is 17.3 Å². The van der Waals surface area contributed by atoms with Crippen molar-refractivity contribution in [3.8, 4) is 17.2 Å². The van der Waals surface area contributed by atoms with Crippen LogP contribution in [0.5, 0.6) is 5.88 Å². The van der Waals surface area contributed by atoms with Crippen LogP contribution in [0.25, 0.3) is 11.3 Å². The molecule has 3 aromatic rings. The fourth-order valence-corrected chi connectivity index (χ4v) is 3.84. The van der Waals surface area contributed by atoms with Crippen molar-refractivity contribution in [3.05, 3.63) is 54.3 Å². The first kappa shape index (κ1) is 21.1. The van der Waals surface area contributed by atoms with E-state index in [2.05, 4.69) is 32.4 Å². The molecule has 0 aliphatic carbocycles. The molecule has 0 bridgehead atoms. The van der Waals surface area contributed by atoms with Gasteiger partial charge in [-0.2, -0.15) is 9.97 Å². The molecule has 8 heteroatoms. The first-order valence-electron chi connectivity index (χ1n) is 10.5. The van der Waals surface area contributed by atoms with E-state index in [1.54, 1.807) is 7.11 Å². The van der Waals surface area contributed by atoms with Crippen LogP contribution >= 0.6 is 12.2 Å². The molecule has 4 rings (SSSR count). The Labute approximate surface area is 187 Å². The second kappa shape index (κ2) is 9.78. The zero-order valence-corrected chi connectivity index (χ0v) is 18.6. The van der Waals surface area contributed by atoms with Crippen LogP contribution in [0.4, 0.5) is 11.8 Å². The minimum Gasteiger partial charge on any atom is -0.481 e. The van der Waals surface area contributed by atoms with Gasteiger partial charge in [0.2, 0.25) is 11.8 Å². The number of nitrogens with one attached hydrogen (secondary N) is 2. The summed E-state index contributed by atoms with van der Waals surface area (Å²) in [5.74, 6) is 4.03. The summed E-state index contributed by atoms with van der Waals surface area (Å²) in [5.41, 5.74) is 1.04. The van der Waals surface area contributed by atoms with Gasteiger partial charge in [-0.05, 0) is 43.1 Å². The third-order valence-corrected chi connectivity index (χ3v) is 5.49. The zero-order valence-electron chi connectivity index (χ0n) is 17.8. The number of thiocarbonyl (C=S) groups is 1. The first-order valence-corrected chi connectivity index (χ1v) is 10.9. The summed E-state index contributed by atoms with van der Waals surface area (Å²) >= 11 is 5.44. The van der Waals surface area contributed by atoms with Gasteiger partial charge in [-0.15, -0.1) is 0 Å². The third-order valence-electron chi connectivity index (χ3n) is 5.25. The van der Waals surface area contributed by atoms with Crippen molar-refractivity contribution in [2.24, 2.45) is 5.92 Å². The van der Waals surface area contributed by atoms with Crippen LogP contribution in [0, 0.1) is 5.92 Å². The molecule has 1 atom stereocenters. The standard InChI is InChI=1S/C23H27N5O2S/c1-16-7-6-12-28(15-16)20-13-21(29-2)26-22(25-20)27-23(31)24-14-18-10-11-19(30-18)17-8-4-3-5-9-17/h3-5,8-11,13,16H,6-7,12,14-15H2,1-2H3,(H2,24,25,26,27,31). The van der Waals surface area contributed by atoms with E-state index in [9.17, 15) is 0 Å². The minimum absolute atomic E-state index is 0.412. The number of nitrogens with zero attached hydrogens (tertiary/aromatic N) is 3. The lowest BCUT2D eigenvalue weighted by molar-refractivity contribution is 0.396. The van der Waals surface area contributed by atoms with E-state index in [0.29, 0.717) is 29.4 Å². The molecule has 1 saturated heterocycles. The largest absolute Gasteiger partial charge is 0.481 e. The first-order chi connectivity index (χ1) is 15.1. The molecule has 31 heavy (non-hydrogen) atoms. The van der Waals surface area contributed by atoms with Crippen LogP contribution in [0.3, 0.4) is 0 Å². The average molecular weight is 438 g/mol. The molecule has 1 unspecified atom stereocenters. The van der Waals surface area contributed by atoms with Crippen molar-refractivity contribution in [1.82, 2.24) is 15.3 Å². The van der Waals surface area contributed by atoms with E-state index in [0.717, 1.165) is 42.4 Å². The lowest BCUT2D eigenvalue weighted by atomic mass is 10.0. The van der Waals surface area contributed by atoms with Crippen molar-refractivity contribution >= 4 is 29.1 Å². The number of piperidine rings is 1. The SMILES string of the molecule is COc1cc(N2CCCC(C)C2)nc(NC(=S)NCc2ccc(-c3ccccc3)o2)n1. The Bertz CT molecular complexity index is 1020. The van der Waals surface area contributed by atoms with Gasteiger partial charge in [0.25, 0.3) is 0 Å². The van der Waals surface area contributed by atoms with Crippen LogP contribution < -0.4 is 20.3 Å². The Morgan fingerprint density at radius 2 is 2.06 bits per heavy atom. The van der Waals surface area contributed by atoms with Gasteiger partial charge in [-0.1, -0.05) is 37.3 Å². The predicted molar refractivity (Wildman–Crippen MR) is 126 cm³/mol. The van der Waals surface area contributed by atoms with Gasteiger partial charge in [0.15, 0.2) is 5.11 Å². The van der Waals surface area contributed by atoms with Gasteiger partial charge in [0.05, 0.1) is 13.7 Å². The van der Waals surface area contributed by atoms with Crippen molar-refractivity contribution in [3.63, 3.8) is 0 Å². The maximum atomic E-state index is 5.91.